The van der Waals surface area contributed by atoms with E-state index in [1.807, 2.05) is 31.3 Å². The van der Waals surface area contributed by atoms with Gasteiger partial charge in [-0.3, -0.25) is 9.48 Å². The summed E-state index contributed by atoms with van der Waals surface area (Å²) in [6.45, 7) is 0. The van der Waals surface area contributed by atoms with Gasteiger partial charge in [-0.05, 0) is 24.5 Å². The van der Waals surface area contributed by atoms with Crippen LogP contribution in [0, 0.1) is 0 Å². The molecule has 0 fully saturated rings. The summed E-state index contributed by atoms with van der Waals surface area (Å²) in [5, 5.41) is 17.7. The van der Waals surface area contributed by atoms with Gasteiger partial charge in [0.2, 0.25) is 0 Å². The molecule has 2 heterocycles. The van der Waals surface area contributed by atoms with Gasteiger partial charge in [-0.15, -0.1) is 0 Å². The van der Waals surface area contributed by atoms with Crippen LogP contribution in [0.5, 0.6) is 0 Å². The molecule has 3 rings (SSSR count). The molecule has 24 heavy (non-hydrogen) atoms. The van der Waals surface area contributed by atoms with E-state index in [2.05, 4.69) is 27.5 Å². The number of nitrogens with zero attached hydrogens (tertiary/aromatic N) is 3. The smallest absolute Gasteiger partial charge is 0.303 e. The van der Waals surface area contributed by atoms with Crippen molar-refractivity contribution in [3.8, 4) is 0 Å². The van der Waals surface area contributed by atoms with Gasteiger partial charge in [0, 0.05) is 31.4 Å². The maximum atomic E-state index is 11.0. The van der Waals surface area contributed by atoms with Crippen LogP contribution in [0.1, 0.15) is 18.4 Å². The minimum atomic E-state index is -0.781. The number of anilines is 1. The van der Waals surface area contributed by atoms with Crippen molar-refractivity contribution in [2.45, 2.75) is 25.3 Å². The van der Waals surface area contributed by atoms with Crippen LogP contribution in [0.3, 0.4) is 0 Å². The Bertz CT molecular complexity index is 829. The molecule has 0 aliphatic rings. The van der Waals surface area contributed by atoms with Gasteiger partial charge in [-0.2, -0.15) is 5.10 Å². The molecule has 0 saturated carbocycles. The number of aliphatic carboxylic acids is 1. The Morgan fingerprint density at radius 1 is 1.29 bits per heavy atom. The Morgan fingerprint density at radius 3 is 2.83 bits per heavy atom. The second-order valence-corrected chi connectivity index (χ2v) is 5.83. The summed E-state index contributed by atoms with van der Waals surface area (Å²) in [4.78, 5) is 15.3. The van der Waals surface area contributed by atoms with Crippen molar-refractivity contribution in [3.63, 3.8) is 0 Å². The zero-order valence-corrected chi connectivity index (χ0v) is 13.5. The first-order chi connectivity index (χ1) is 11.6. The number of carbonyl (C=O) groups is 1. The van der Waals surface area contributed by atoms with Gasteiger partial charge in [-0.25, -0.2) is 4.98 Å². The number of nitrogens with one attached hydrogen (secondary N) is 1. The molecule has 124 valence electrons. The van der Waals surface area contributed by atoms with E-state index in [0.29, 0.717) is 6.42 Å². The number of fused-ring (bicyclic) bond motifs is 1. The molecule has 0 aliphatic carbocycles. The van der Waals surface area contributed by atoms with Crippen molar-refractivity contribution in [2.24, 2.45) is 7.05 Å². The molecule has 0 bridgehead atoms. The van der Waals surface area contributed by atoms with Gasteiger partial charge >= 0.3 is 5.97 Å². The van der Waals surface area contributed by atoms with Gasteiger partial charge < -0.3 is 10.4 Å². The molecule has 6 nitrogen and oxygen atoms in total. The highest BCUT2D eigenvalue weighted by Crippen LogP contribution is 2.23. The van der Waals surface area contributed by atoms with Crippen molar-refractivity contribution < 1.29 is 9.90 Å². The molecule has 0 spiro atoms. The normalized spacial score (nSPS) is 12.2. The molecule has 0 saturated heterocycles. The fourth-order valence-corrected chi connectivity index (χ4v) is 2.81. The summed E-state index contributed by atoms with van der Waals surface area (Å²) in [5.41, 5.74) is 2.91. The minimum absolute atomic E-state index is 0.0225. The summed E-state index contributed by atoms with van der Waals surface area (Å²) in [5.74, 6) is -0.781. The number of pyridine rings is 1. The SMILES string of the molecule is Cn1ncc2c(NC(CCC(=O)O)Cc3ccccc3)ccnc21. The van der Waals surface area contributed by atoms with E-state index in [-0.39, 0.29) is 12.5 Å². The zero-order valence-electron chi connectivity index (χ0n) is 13.5. The van der Waals surface area contributed by atoms with E-state index >= 15 is 0 Å². The fourth-order valence-electron chi connectivity index (χ4n) is 2.81. The van der Waals surface area contributed by atoms with Gasteiger partial charge in [0.1, 0.15) is 0 Å². The topological polar surface area (TPSA) is 80.0 Å². The van der Waals surface area contributed by atoms with E-state index in [4.69, 9.17) is 5.11 Å². The molecule has 1 aromatic carbocycles. The average molecular weight is 324 g/mol. The summed E-state index contributed by atoms with van der Waals surface area (Å²) < 4.78 is 1.73. The number of rotatable bonds is 7. The van der Waals surface area contributed by atoms with Gasteiger partial charge in [0.25, 0.3) is 0 Å². The van der Waals surface area contributed by atoms with Crippen LogP contribution in [0.2, 0.25) is 0 Å². The highest BCUT2D eigenvalue weighted by molar-refractivity contribution is 5.88. The predicted molar refractivity (Wildman–Crippen MR) is 92.9 cm³/mol. The van der Waals surface area contributed by atoms with E-state index < -0.39 is 5.97 Å². The monoisotopic (exact) mass is 324 g/mol. The van der Waals surface area contributed by atoms with Crippen LogP contribution >= 0.6 is 0 Å². The lowest BCUT2D eigenvalue weighted by Gasteiger charge is -2.20. The predicted octanol–water partition coefficient (Wildman–Crippen LogP) is 2.86. The van der Waals surface area contributed by atoms with Gasteiger partial charge in [0.15, 0.2) is 5.65 Å². The second-order valence-electron chi connectivity index (χ2n) is 5.83. The van der Waals surface area contributed by atoms with Crippen LogP contribution in [0.25, 0.3) is 11.0 Å². The highest BCUT2D eigenvalue weighted by atomic mass is 16.4. The maximum absolute atomic E-state index is 11.0. The van der Waals surface area contributed by atoms with Crippen molar-refractivity contribution in [2.75, 3.05) is 5.32 Å². The average Bonchev–Trinajstić information content (AvgIpc) is 2.96. The summed E-state index contributed by atoms with van der Waals surface area (Å²) >= 11 is 0. The number of carboxylic acids is 1. The third-order valence-corrected chi connectivity index (χ3v) is 4.03. The van der Waals surface area contributed by atoms with Crippen molar-refractivity contribution in [3.05, 3.63) is 54.4 Å². The summed E-state index contributed by atoms with van der Waals surface area (Å²) in [6.07, 6.45) is 4.96. The molecule has 0 aliphatic heterocycles. The fraction of sp³-hybridized carbons (Fsp3) is 0.278. The Labute approximate surface area is 140 Å². The Balaban J connectivity index is 1.83. The largest absolute Gasteiger partial charge is 0.481 e. The van der Waals surface area contributed by atoms with E-state index in [0.717, 1.165) is 23.1 Å². The number of hydrogen-bond donors (Lipinski definition) is 2. The molecule has 0 radical (unpaired) electrons. The van der Waals surface area contributed by atoms with Crippen LogP contribution in [0.15, 0.2) is 48.8 Å². The third kappa shape index (κ3) is 3.71. The summed E-state index contributed by atoms with van der Waals surface area (Å²) in [6, 6.07) is 12.0. The lowest BCUT2D eigenvalue weighted by Crippen LogP contribution is -2.23. The standard InChI is InChI=1S/C18H20N4O2/c1-22-18-15(12-20-22)16(9-10-19-18)21-14(7-8-17(23)24)11-13-5-3-2-4-6-13/h2-6,9-10,12,14H,7-8,11H2,1H3,(H,19,21)(H,23,24). The van der Waals surface area contributed by atoms with Crippen LogP contribution in [-0.2, 0) is 18.3 Å². The number of carboxylic acid groups (broad SMARTS) is 1. The van der Waals surface area contributed by atoms with Crippen molar-refractivity contribution in [1.29, 1.82) is 0 Å². The molecule has 2 aromatic heterocycles. The third-order valence-electron chi connectivity index (χ3n) is 4.03. The lowest BCUT2D eigenvalue weighted by molar-refractivity contribution is -0.137. The molecule has 3 aromatic rings. The first-order valence-electron chi connectivity index (χ1n) is 7.92. The molecule has 1 unspecified atom stereocenters. The molecular formula is C18H20N4O2. The first-order valence-corrected chi connectivity index (χ1v) is 7.92. The van der Waals surface area contributed by atoms with E-state index in [9.17, 15) is 4.79 Å². The van der Waals surface area contributed by atoms with Crippen molar-refractivity contribution in [1.82, 2.24) is 14.8 Å². The molecule has 6 heteroatoms. The number of aryl methyl sites for hydroxylation is 1. The minimum Gasteiger partial charge on any atom is -0.481 e. The quantitative estimate of drug-likeness (QED) is 0.698. The van der Waals surface area contributed by atoms with Gasteiger partial charge in [0.05, 0.1) is 11.6 Å². The first kappa shape index (κ1) is 16.0. The Kier molecular flexibility index (Phi) is 4.74. The number of benzene rings is 1. The molecule has 1 atom stereocenters. The van der Waals surface area contributed by atoms with Crippen molar-refractivity contribution >= 4 is 22.7 Å². The molecule has 0 amide bonds. The zero-order chi connectivity index (χ0) is 16.9. The van der Waals surface area contributed by atoms with Crippen LogP contribution in [0.4, 0.5) is 5.69 Å². The number of aromatic nitrogens is 3. The van der Waals surface area contributed by atoms with Gasteiger partial charge in [-0.1, -0.05) is 30.3 Å². The number of hydrogen-bond acceptors (Lipinski definition) is 4. The van der Waals surface area contributed by atoms with E-state index in [1.165, 1.54) is 5.56 Å². The van der Waals surface area contributed by atoms with Crippen LogP contribution < -0.4 is 5.32 Å². The highest BCUT2D eigenvalue weighted by Gasteiger charge is 2.14. The Hall–Kier alpha value is -2.89. The molecule has 2 N–H and O–H groups in total. The molecular weight excluding hydrogens is 304 g/mol. The second kappa shape index (κ2) is 7.12. The lowest BCUT2D eigenvalue weighted by atomic mass is 10.0. The van der Waals surface area contributed by atoms with E-state index in [1.54, 1.807) is 17.1 Å². The maximum Gasteiger partial charge on any atom is 0.303 e. The Morgan fingerprint density at radius 2 is 2.08 bits per heavy atom. The summed E-state index contributed by atoms with van der Waals surface area (Å²) in [7, 11) is 1.85. The van der Waals surface area contributed by atoms with Crippen LogP contribution in [-0.4, -0.2) is 31.9 Å².